The van der Waals surface area contributed by atoms with Crippen LogP contribution in [-0.2, 0) is 4.79 Å². The summed E-state index contributed by atoms with van der Waals surface area (Å²) in [4.78, 5) is 28.0. The molecule has 0 aliphatic carbocycles. The number of hydrogen-bond donors (Lipinski definition) is 2. The van der Waals surface area contributed by atoms with Gasteiger partial charge >= 0.3 is 5.97 Å². The van der Waals surface area contributed by atoms with Crippen molar-refractivity contribution in [2.75, 3.05) is 11.1 Å². The maximum absolute atomic E-state index is 12.7. The van der Waals surface area contributed by atoms with Gasteiger partial charge in [0.05, 0.1) is 5.75 Å². The number of nitrogens with zero attached hydrogens (tertiary/aromatic N) is 3. The van der Waals surface area contributed by atoms with Crippen molar-refractivity contribution in [1.82, 2.24) is 14.8 Å². The smallest absolute Gasteiger partial charge is 0.313 e. The van der Waals surface area contributed by atoms with Crippen LogP contribution < -0.4 is 10.9 Å². The van der Waals surface area contributed by atoms with Crippen molar-refractivity contribution in [2.24, 2.45) is 0 Å². The van der Waals surface area contributed by atoms with Gasteiger partial charge in [-0.25, -0.2) is 4.68 Å². The molecule has 0 saturated heterocycles. The van der Waals surface area contributed by atoms with E-state index in [9.17, 15) is 9.59 Å². The number of carboxylic acid groups (broad SMARTS) is 1. The van der Waals surface area contributed by atoms with Crippen LogP contribution in [0.5, 0.6) is 0 Å². The molecule has 8 heteroatoms. The molecule has 0 amide bonds. The average Bonchev–Trinajstić information content (AvgIpc) is 2.66. The normalized spacial score (nSPS) is 14.8. The predicted octanol–water partition coefficient (Wildman–Crippen LogP) is 2.98. The Bertz CT molecular complexity index is 1080. The van der Waals surface area contributed by atoms with Crippen molar-refractivity contribution < 1.29 is 9.90 Å². The summed E-state index contributed by atoms with van der Waals surface area (Å²) >= 11 is 1.17. The first-order chi connectivity index (χ1) is 13.0. The summed E-state index contributed by atoms with van der Waals surface area (Å²) in [6.07, 6.45) is 0. The molecule has 4 rings (SSSR count). The fourth-order valence-corrected chi connectivity index (χ4v) is 3.70. The summed E-state index contributed by atoms with van der Waals surface area (Å²) < 4.78 is 1.59. The number of rotatable bonds is 4. The van der Waals surface area contributed by atoms with E-state index < -0.39 is 17.0 Å². The van der Waals surface area contributed by atoms with Gasteiger partial charge in [0.25, 0.3) is 5.56 Å². The highest BCUT2D eigenvalue weighted by Crippen LogP contribution is 2.38. The van der Waals surface area contributed by atoms with E-state index in [2.05, 4.69) is 15.4 Å². The van der Waals surface area contributed by atoms with Gasteiger partial charge in [0.1, 0.15) is 0 Å². The first kappa shape index (κ1) is 17.3. The summed E-state index contributed by atoms with van der Waals surface area (Å²) in [5.74, 6) is -0.601. The van der Waals surface area contributed by atoms with Gasteiger partial charge < -0.3 is 10.4 Å². The van der Waals surface area contributed by atoms with Crippen LogP contribution in [0.15, 0.2) is 53.3 Å². The number of hydrogen-bond acceptors (Lipinski definition) is 6. The number of aromatic nitrogens is 3. The van der Waals surface area contributed by atoms with E-state index in [0.29, 0.717) is 11.4 Å². The van der Waals surface area contributed by atoms with Crippen molar-refractivity contribution in [2.45, 2.75) is 12.4 Å². The Hall–Kier alpha value is -3.13. The molecule has 7 nitrogen and oxygen atoms in total. The van der Waals surface area contributed by atoms with Crippen molar-refractivity contribution in [3.05, 3.63) is 64.4 Å². The number of para-hydroxylation sites is 1. The molecule has 1 aliphatic heterocycles. The minimum atomic E-state index is -0.921. The molecule has 0 radical (unpaired) electrons. The molecule has 1 atom stereocenters. The lowest BCUT2D eigenvalue weighted by atomic mass is 10.1. The maximum Gasteiger partial charge on any atom is 0.313 e. The first-order valence-corrected chi connectivity index (χ1v) is 9.35. The monoisotopic (exact) mass is 380 g/mol. The highest BCUT2D eigenvalue weighted by atomic mass is 32.2. The summed E-state index contributed by atoms with van der Waals surface area (Å²) in [6.45, 7) is 1.97. The van der Waals surface area contributed by atoms with E-state index in [1.165, 1.54) is 11.8 Å². The van der Waals surface area contributed by atoms with Gasteiger partial charge in [-0.3, -0.25) is 9.59 Å². The van der Waals surface area contributed by atoms with Crippen LogP contribution in [0.25, 0.3) is 22.6 Å². The molecule has 27 heavy (non-hydrogen) atoms. The second-order valence-corrected chi connectivity index (χ2v) is 7.22. The van der Waals surface area contributed by atoms with E-state index in [1.807, 2.05) is 55.5 Å². The number of nitrogens with one attached hydrogen (secondary N) is 1. The minimum Gasteiger partial charge on any atom is -0.481 e. The molecule has 2 heterocycles. The number of anilines is 1. The van der Waals surface area contributed by atoms with Crippen LogP contribution in [-0.4, -0.2) is 31.6 Å². The molecular weight excluding hydrogens is 364 g/mol. The van der Waals surface area contributed by atoms with Crippen LogP contribution >= 0.6 is 11.8 Å². The first-order valence-electron chi connectivity index (χ1n) is 8.30. The molecular formula is C19H16N4O3S. The number of benzene rings is 2. The number of carbonyl (C=O) groups is 1. The lowest BCUT2D eigenvalue weighted by Crippen LogP contribution is -2.30. The third kappa shape index (κ3) is 3.31. The van der Waals surface area contributed by atoms with Crippen molar-refractivity contribution in [1.29, 1.82) is 0 Å². The summed E-state index contributed by atoms with van der Waals surface area (Å²) in [6, 6.07) is 14.9. The second-order valence-electron chi connectivity index (χ2n) is 6.15. The van der Waals surface area contributed by atoms with E-state index in [0.717, 1.165) is 16.8 Å². The Morgan fingerprint density at radius 3 is 2.70 bits per heavy atom. The van der Waals surface area contributed by atoms with Gasteiger partial charge in [0.2, 0.25) is 0 Å². The standard InChI is InChI=1S/C19H16N4O3S/c1-11-6-8-12(9-7-11)16-18(26)21-17-13-4-2-3-5-14(13)20-19(23(17)22-16)27-10-15(24)25/h2-9,19-20H,10H2,1H3,(H,24,25). The molecule has 0 bridgehead atoms. The summed E-state index contributed by atoms with van der Waals surface area (Å²) in [5.41, 5.74) is 2.64. The zero-order chi connectivity index (χ0) is 19.0. The van der Waals surface area contributed by atoms with Crippen molar-refractivity contribution in [3.63, 3.8) is 0 Å². The zero-order valence-electron chi connectivity index (χ0n) is 14.4. The lowest BCUT2D eigenvalue weighted by Gasteiger charge is -2.29. The molecule has 1 unspecified atom stereocenters. The Labute approximate surface area is 159 Å². The number of aryl methyl sites for hydroxylation is 1. The van der Waals surface area contributed by atoms with Crippen LogP contribution in [0, 0.1) is 6.92 Å². The quantitative estimate of drug-likeness (QED) is 0.718. The van der Waals surface area contributed by atoms with Crippen molar-refractivity contribution in [3.8, 4) is 22.6 Å². The second kappa shape index (κ2) is 6.88. The highest BCUT2D eigenvalue weighted by molar-refractivity contribution is 8.00. The zero-order valence-corrected chi connectivity index (χ0v) is 15.2. The van der Waals surface area contributed by atoms with Gasteiger partial charge in [0.15, 0.2) is 17.0 Å². The Balaban J connectivity index is 1.87. The van der Waals surface area contributed by atoms with Gasteiger partial charge in [-0.1, -0.05) is 42.0 Å². The molecule has 2 N–H and O–H groups in total. The van der Waals surface area contributed by atoms with Crippen molar-refractivity contribution >= 4 is 23.4 Å². The number of aliphatic carboxylic acids is 1. The molecule has 1 aliphatic rings. The molecule has 3 aromatic rings. The maximum atomic E-state index is 12.7. The number of carboxylic acids is 1. The van der Waals surface area contributed by atoms with E-state index in [4.69, 9.17) is 5.11 Å². The summed E-state index contributed by atoms with van der Waals surface area (Å²) in [7, 11) is 0. The molecule has 0 saturated carbocycles. The topological polar surface area (TPSA) is 97.1 Å². The average molecular weight is 380 g/mol. The minimum absolute atomic E-state index is 0.104. The molecule has 136 valence electrons. The Kier molecular flexibility index (Phi) is 4.41. The molecule has 0 spiro atoms. The van der Waals surface area contributed by atoms with E-state index >= 15 is 0 Å². The fourth-order valence-electron chi connectivity index (χ4n) is 2.90. The lowest BCUT2D eigenvalue weighted by molar-refractivity contribution is -0.133. The highest BCUT2D eigenvalue weighted by Gasteiger charge is 2.27. The Morgan fingerprint density at radius 1 is 1.22 bits per heavy atom. The number of thioether (sulfide) groups is 1. The van der Waals surface area contributed by atoms with Crippen LogP contribution in [0.1, 0.15) is 11.1 Å². The molecule has 1 aromatic heterocycles. The SMILES string of the molecule is Cc1ccc(-c2nn3c(nc2=O)-c2ccccc2NC3SCC(=O)O)cc1. The fraction of sp³-hybridized carbons (Fsp3) is 0.158. The third-order valence-corrected chi connectivity index (χ3v) is 5.24. The largest absolute Gasteiger partial charge is 0.481 e. The Morgan fingerprint density at radius 2 is 1.96 bits per heavy atom. The van der Waals surface area contributed by atoms with E-state index in [-0.39, 0.29) is 11.4 Å². The van der Waals surface area contributed by atoms with Crippen LogP contribution in [0.4, 0.5) is 5.69 Å². The van der Waals surface area contributed by atoms with Gasteiger partial charge in [-0.15, -0.1) is 11.8 Å². The number of fused-ring (bicyclic) bond motifs is 3. The van der Waals surface area contributed by atoms with Crippen LogP contribution in [0.3, 0.4) is 0 Å². The van der Waals surface area contributed by atoms with Gasteiger partial charge in [0, 0.05) is 16.8 Å². The summed E-state index contributed by atoms with van der Waals surface area (Å²) in [5, 5.41) is 16.9. The molecule has 0 fully saturated rings. The third-order valence-electron chi connectivity index (χ3n) is 4.19. The van der Waals surface area contributed by atoms with Crippen LogP contribution in [0.2, 0.25) is 0 Å². The van der Waals surface area contributed by atoms with Gasteiger partial charge in [-0.2, -0.15) is 10.1 Å². The molecule has 2 aromatic carbocycles. The predicted molar refractivity (Wildman–Crippen MR) is 105 cm³/mol. The van der Waals surface area contributed by atoms with E-state index in [1.54, 1.807) is 4.68 Å². The van der Waals surface area contributed by atoms with Gasteiger partial charge in [-0.05, 0) is 19.1 Å².